The maximum atomic E-state index is 11.8. The Labute approximate surface area is 101 Å². The number of amides is 1. The van der Waals surface area contributed by atoms with Crippen LogP contribution in [0.2, 0.25) is 0 Å². The van der Waals surface area contributed by atoms with Gasteiger partial charge in [-0.1, -0.05) is 4.83 Å². The highest BCUT2D eigenvalue weighted by molar-refractivity contribution is 7.89. The van der Waals surface area contributed by atoms with Gasteiger partial charge in [0, 0.05) is 12.6 Å². The highest BCUT2D eigenvalue weighted by atomic mass is 32.2. The molecule has 0 saturated carbocycles. The molecule has 0 aliphatic carbocycles. The number of quaternary nitrogens is 1. The first-order valence-corrected chi connectivity index (χ1v) is 6.50. The lowest BCUT2D eigenvalue weighted by Crippen LogP contribution is -3.13. The molecule has 0 aromatic heterocycles. The second-order valence-electron chi connectivity index (χ2n) is 3.81. The predicted molar refractivity (Wildman–Crippen MR) is 63.9 cm³/mol. The first kappa shape index (κ1) is 13.6. The number of nitrogens with one attached hydrogen (secondary N) is 3. The minimum Gasteiger partial charge on any atom is -0.326 e. The lowest BCUT2D eigenvalue weighted by molar-refractivity contribution is -0.890. The van der Waals surface area contributed by atoms with Crippen LogP contribution in [0.25, 0.3) is 0 Å². The largest absolute Gasteiger partial charge is 0.326 e. The summed E-state index contributed by atoms with van der Waals surface area (Å²) in [4.78, 5) is 13.4. The van der Waals surface area contributed by atoms with Crippen molar-refractivity contribution in [3.8, 4) is 0 Å². The van der Waals surface area contributed by atoms with Gasteiger partial charge in [-0.25, -0.2) is 13.4 Å². The van der Waals surface area contributed by atoms with Gasteiger partial charge in [-0.3, -0.25) is 4.79 Å². The van der Waals surface area contributed by atoms with E-state index in [1.54, 1.807) is 26.2 Å². The molecular formula is C10H16N3O3S+. The minimum atomic E-state index is -3.50. The number of benzene rings is 1. The molecule has 0 spiro atoms. The highest BCUT2D eigenvalue weighted by Crippen LogP contribution is 2.13. The molecule has 1 aromatic rings. The van der Waals surface area contributed by atoms with Crippen molar-refractivity contribution in [3.63, 3.8) is 0 Å². The van der Waals surface area contributed by atoms with Crippen LogP contribution in [0.3, 0.4) is 0 Å². The molecule has 17 heavy (non-hydrogen) atoms. The van der Waals surface area contributed by atoms with Crippen molar-refractivity contribution in [3.05, 3.63) is 24.3 Å². The minimum absolute atomic E-state index is 0.160. The quantitative estimate of drug-likeness (QED) is 0.605. The number of carbonyl (C=O) groups excluding carboxylic acids is 1. The molecule has 0 atom stereocenters. The topological polar surface area (TPSA) is 79.7 Å². The molecule has 1 amide bonds. The molecule has 0 radical (unpaired) electrons. The van der Waals surface area contributed by atoms with Crippen molar-refractivity contribution in [2.24, 2.45) is 0 Å². The second-order valence-corrected chi connectivity index (χ2v) is 5.49. The smallest absolute Gasteiger partial charge is 0.282 e. The molecule has 7 heteroatoms. The Morgan fingerprint density at radius 1 is 1.18 bits per heavy atom. The fraction of sp³-hybridized carbons (Fsp3) is 0.300. The van der Waals surface area contributed by atoms with Crippen LogP contribution in [0.5, 0.6) is 0 Å². The van der Waals surface area contributed by atoms with Gasteiger partial charge in [0.1, 0.15) is 0 Å². The van der Waals surface area contributed by atoms with Gasteiger partial charge in [0.15, 0.2) is 0 Å². The Kier molecular flexibility index (Phi) is 4.22. The third kappa shape index (κ3) is 4.14. The summed E-state index contributed by atoms with van der Waals surface area (Å²) in [6.07, 6.45) is 0. The third-order valence-corrected chi connectivity index (χ3v) is 3.39. The fourth-order valence-electron chi connectivity index (χ4n) is 1.25. The molecule has 0 saturated heterocycles. The molecule has 0 aliphatic rings. The molecule has 0 aliphatic heterocycles. The molecule has 0 fully saturated rings. The van der Waals surface area contributed by atoms with E-state index < -0.39 is 10.0 Å². The molecule has 0 bridgehead atoms. The first-order chi connectivity index (χ1) is 7.81. The standard InChI is InChI=1S/C10H15N3O3S/c1-8(14)11-9-4-6-10(7-5-9)17(15,16)12-13(2)3/h4-7,12H,1-3H3,(H,11,14)/p+1. The monoisotopic (exact) mass is 258 g/mol. The van der Waals surface area contributed by atoms with Gasteiger partial charge in [0.2, 0.25) is 5.91 Å². The number of carbonyl (C=O) groups is 1. The Morgan fingerprint density at radius 2 is 1.71 bits per heavy atom. The summed E-state index contributed by atoms with van der Waals surface area (Å²) in [5, 5.41) is 3.16. The zero-order valence-electron chi connectivity index (χ0n) is 9.94. The Balaban J connectivity index is 2.91. The highest BCUT2D eigenvalue weighted by Gasteiger charge is 2.16. The van der Waals surface area contributed by atoms with Gasteiger partial charge < -0.3 is 5.32 Å². The fourth-order valence-corrected chi connectivity index (χ4v) is 2.40. The van der Waals surface area contributed by atoms with Gasteiger partial charge in [-0.05, 0) is 24.3 Å². The van der Waals surface area contributed by atoms with Crippen LogP contribution in [-0.4, -0.2) is 28.4 Å². The van der Waals surface area contributed by atoms with Crippen molar-refractivity contribution >= 4 is 21.6 Å². The molecule has 6 nitrogen and oxygen atoms in total. The summed E-state index contributed by atoms with van der Waals surface area (Å²) >= 11 is 0. The zero-order valence-corrected chi connectivity index (χ0v) is 10.8. The van der Waals surface area contributed by atoms with Crippen molar-refractivity contribution in [2.45, 2.75) is 11.8 Å². The average molecular weight is 258 g/mol. The molecule has 1 aromatic carbocycles. The van der Waals surface area contributed by atoms with Gasteiger partial charge >= 0.3 is 0 Å². The Hall–Kier alpha value is -1.44. The van der Waals surface area contributed by atoms with E-state index in [1.165, 1.54) is 19.1 Å². The maximum absolute atomic E-state index is 11.8. The van der Waals surface area contributed by atoms with Crippen LogP contribution in [0.15, 0.2) is 29.2 Å². The number of hydrogen-bond donors (Lipinski definition) is 3. The number of sulfonamides is 1. The van der Waals surface area contributed by atoms with Gasteiger partial charge in [0.25, 0.3) is 10.0 Å². The van der Waals surface area contributed by atoms with Crippen molar-refractivity contribution in [1.82, 2.24) is 4.83 Å². The summed E-state index contributed by atoms with van der Waals surface area (Å²) in [5.74, 6) is -0.198. The average Bonchev–Trinajstić information content (AvgIpc) is 2.15. The van der Waals surface area contributed by atoms with Crippen LogP contribution in [0.4, 0.5) is 5.69 Å². The molecule has 94 valence electrons. The van der Waals surface area contributed by atoms with Crippen LogP contribution in [-0.2, 0) is 14.8 Å². The van der Waals surface area contributed by atoms with E-state index in [0.29, 0.717) is 10.7 Å². The lowest BCUT2D eigenvalue weighted by Gasteiger charge is -2.09. The van der Waals surface area contributed by atoms with Gasteiger partial charge in [-0.2, -0.15) is 0 Å². The summed E-state index contributed by atoms with van der Waals surface area (Å²) < 4.78 is 23.5. The van der Waals surface area contributed by atoms with Gasteiger partial charge in [-0.15, -0.1) is 0 Å². The normalized spacial score (nSPS) is 11.5. The number of anilines is 1. The second kappa shape index (κ2) is 5.26. The number of hydrogen-bond acceptors (Lipinski definition) is 3. The van der Waals surface area contributed by atoms with E-state index >= 15 is 0 Å². The summed E-state index contributed by atoms with van der Waals surface area (Å²) in [6, 6.07) is 5.97. The van der Waals surface area contributed by atoms with Crippen LogP contribution in [0, 0.1) is 0 Å². The number of rotatable bonds is 4. The Bertz CT molecular complexity index is 494. The summed E-state index contributed by atoms with van der Waals surface area (Å²) in [5.41, 5.74) is 0.564. The summed E-state index contributed by atoms with van der Waals surface area (Å²) in [7, 11) is -0.165. The SMILES string of the molecule is CC(=O)Nc1ccc(S(=O)(=O)N[NH+](C)C)cc1. The molecule has 0 unspecified atom stereocenters. The van der Waals surface area contributed by atoms with E-state index in [-0.39, 0.29) is 10.8 Å². The van der Waals surface area contributed by atoms with Crippen LogP contribution in [0.1, 0.15) is 6.92 Å². The van der Waals surface area contributed by atoms with E-state index in [0.717, 1.165) is 0 Å². The molecule has 3 N–H and O–H groups in total. The zero-order chi connectivity index (χ0) is 13.1. The molecule has 1 rings (SSSR count). The van der Waals surface area contributed by atoms with E-state index in [4.69, 9.17) is 0 Å². The molecule has 0 heterocycles. The van der Waals surface area contributed by atoms with E-state index in [9.17, 15) is 13.2 Å². The lowest BCUT2D eigenvalue weighted by atomic mass is 10.3. The predicted octanol–water partition coefficient (Wildman–Crippen LogP) is -1.02. The van der Waals surface area contributed by atoms with Crippen molar-refractivity contribution in [1.29, 1.82) is 0 Å². The maximum Gasteiger partial charge on any atom is 0.282 e. The van der Waals surface area contributed by atoms with E-state index in [1.807, 2.05) is 0 Å². The van der Waals surface area contributed by atoms with E-state index in [2.05, 4.69) is 10.1 Å². The summed E-state index contributed by atoms with van der Waals surface area (Å²) in [6.45, 7) is 1.39. The van der Waals surface area contributed by atoms with Crippen LogP contribution >= 0.6 is 0 Å². The van der Waals surface area contributed by atoms with Gasteiger partial charge in [0.05, 0.1) is 19.0 Å². The molecular weight excluding hydrogens is 242 g/mol. The first-order valence-electron chi connectivity index (χ1n) is 5.02. The Morgan fingerprint density at radius 3 is 2.12 bits per heavy atom. The van der Waals surface area contributed by atoms with Crippen LogP contribution < -0.4 is 15.2 Å². The van der Waals surface area contributed by atoms with Crippen molar-refractivity contribution in [2.75, 3.05) is 19.4 Å². The third-order valence-electron chi connectivity index (χ3n) is 1.82. The van der Waals surface area contributed by atoms with Crippen molar-refractivity contribution < 1.29 is 18.2 Å².